The van der Waals surface area contributed by atoms with E-state index in [1.54, 1.807) is 6.92 Å². The highest BCUT2D eigenvalue weighted by atomic mass is 16.2. The molecule has 1 rings (SSSR count). The molecule has 0 radical (unpaired) electrons. The summed E-state index contributed by atoms with van der Waals surface area (Å²) in [6, 6.07) is 0. The summed E-state index contributed by atoms with van der Waals surface area (Å²) in [7, 11) is 0. The molecule has 21 heavy (non-hydrogen) atoms. The fourth-order valence-electron chi connectivity index (χ4n) is 3.03. The maximum atomic E-state index is 12.5. The van der Waals surface area contributed by atoms with Crippen LogP contribution in [0.2, 0.25) is 0 Å². The van der Waals surface area contributed by atoms with Gasteiger partial charge in [-0.3, -0.25) is 14.5 Å². The summed E-state index contributed by atoms with van der Waals surface area (Å²) in [5, 5.41) is 0. The number of Topliss-reactive ketones (excluding diaryl/α,β-unsaturated/α-hetero) is 1. The van der Waals surface area contributed by atoms with Gasteiger partial charge in [-0.15, -0.1) is 0 Å². The predicted octanol–water partition coefficient (Wildman–Crippen LogP) is 3.34. The Morgan fingerprint density at radius 1 is 1.19 bits per heavy atom. The van der Waals surface area contributed by atoms with E-state index in [9.17, 15) is 14.4 Å². The molecule has 4 nitrogen and oxygen atoms in total. The van der Waals surface area contributed by atoms with Gasteiger partial charge in [0.25, 0.3) is 0 Å². The average Bonchev–Trinajstić information content (AvgIpc) is 2.74. The van der Waals surface area contributed by atoms with Crippen molar-refractivity contribution in [1.82, 2.24) is 4.90 Å². The van der Waals surface area contributed by atoms with E-state index in [2.05, 4.69) is 20.8 Å². The quantitative estimate of drug-likeness (QED) is 0.484. The van der Waals surface area contributed by atoms with Crippen LogP contribution in [0, 0.1) is 11.3 Å². The molecule has 0 spiro atoms. The van der Waals surface area contributed by atoms with Crippen LogP contribution in [0.3, 0.4) is 0 Å². The fraction of sp³-hybridized carbons (Fsp3) is 0.824. The average molecular weight is 295 g/mol. The van der Waals surface area contributed by atoms with Crippen LogP contribution >= 0.6 is 0 Å². The van der Waals surface area contributed by atoms with E-state index in [0.717, 1.165) is 32.1 Å². The maximum Gasteiger partial charge on any atom is 0.233 e. The largest absolute Gasteiger partial charge is 0.300 e. The van der Waals surface area contributed by atoms with Crippen molar-refractivity contribution < 1.29 is 14.4 Å². The lowest BCUT2D eigenvalue weighted by molar-refractivity contribution is -0.140. The van der Waals surface area contributed by atoms with Gasteiger partial charge in [0.2, 0.25) is 11.8 Å². The Labute approximate surface area is 128 Å². The highest BCUT2D eigenvalue weighted by Crippen LogP contribution is 2.41. The Kier molecular flexibility index (Phi) is 6.56. The molecule has 1 atom stereocenters. The summed E-state index contributed by atoms with van der Waals surface area (Å²) in [4.78, 5) is 36.9. The monoisotopic (exact) mass is 295 g/mol. The van der Waals surface area contributed by atoms with Crippen LogP contribution in [0.5, 0.6) is 0 Å². The molecule has 0 aromatic carbocycles. The molecule has 4 heteroatoms. The molecule has 1 aliphatic rings. The summed E-state index contributed by atoms with van der Waals surface area (Å²) in [6.45, 7) is 8.39. The first-order chi connectivity index (χ1) is 9.85. The third kappa shape index (κ3) is 4.39. The van der Waals surface area contributed by atoms with Crippen molar-refractivity contribution >= 4 is 17.6 Å². The highest BCUT2D eigenvalue weighted by molar-refractivity contribution is 6.03. The van der Waals surface area contributed by atoms with E-state index in [-0.39, 0.29) is 28.9 Å². The van der Waals surface area contributed by atoms with Gasteiger partial charge in [0.15, 0.2) is 0 Å². The summed E-state index contributed by atoms with van der Waals surface area (Å²) in [5.74, 6) is 0.0322. The summed E-state index contributed by atoms with van der Waals surface area (Å²) < 4.78 is 0. The number of rotatable bonds is 9. The molecule has 0 aromatic rings. The fourth-order valence-corrected chi connectivity index (χ4v) is 3.03. The maximum absolute atomic E-state index is 12.5. The molecule has 2 amide bonds. The van der Waals surface area contributed by atoms with E-state index in [1.165, 1.54) is 4.90 Å². The third-order valence-corrected chi connectivity index (χ3v) is 5.11. The van der Waals surface area contributed by atoms with Crippen LogP contribution in [0.25, 0.3) is 0 Å². The van der Waals surface area contributed by atoms with E-state index < -0.39 is 0 Å². The Balaban J connectivity index is 2.52. The number of nitrogens with zero attached hydrogens (tertiary/aromatic N) is 1. The van der Waals surface area contributed by atoms with Crippen molar-refractivity contribution in [3.05, 3.63) is 0 Å². The van der Waals surface area contributed by atoms with Crippen LogP contribution in [0.1, 0.15) is 72.6 Å². The summed E-state index contributed by atoms with van der Waals surface area (Å²) >= 11 is 0. The number of ketones is 1. The second-order valence-corrected chi connectivity index (χ2v) is 6.51. The van der Waals surface area contributed by atoms with Crippen LogP contribution in [-0.4, -0.2) is 29.0 Å². The Morgan fingerprint density at radius 3 is 2.33 bits per heavy atom. The molecular weight excluding hydrogens is 266 g/mol. The minimum absolute atomic E-state index is 0.0118. The standard InChI is InChI=1S/C17H29NO3/c1-5-17(4,6-2)14-12-15(20)18(16(14)21)11-9-7-8-10-13(3)19/h14H,5-12H2,1-4H3. The van der Waals surface area contributed by atoms with Gasteiger partial charge in [0, 0.05) is 19.4 Å². The van der Waals surface area contributed by atoms with Gasteiger partial charge in [-0.25, -0.2) is 0 Å². The van der Waals surface area contributed by atoms with Crippen LogP contribution < -0.4 is 0 Å². The normalized spacial score (nSPS) is 19.4. The van der Waals surface area contributed by atoms with Gasteiger partial charge in [-0.05, 0) is 38.0 Å². The van der Waals surface area contributed by atoms with E-state index in [4.69, 9.17) is 0 Å². The van der Waals surface area contributed by atoms with Gasteiger partial charge in [-0.1, -0.05) is 27.2 Å². The Bertz CT molecular complexity index is 399. The first kappa shape index (κ1) is 17.9. The molecule has 1 heterocycles. The Hall–Kier alpha value is -1.19. The van der Waals surface area contributed by atoms with Crippen molar-refractivity contribution in [3.8, 4) is 0 Å². The van der Waals surface area contributed by atoms with Crippen molar-refractivity contribution in [1.29, 1.82) is 0 Å². The number of hydrogen-bond acceptors (Lipinski definition) is 3. The molecule has 0 N–H and O–H groups in total. The van der Waals surface area contributed by atoms with Gasteiger partial charge in [-0.2, -0.15) is 0 Å². The molecule has 0 aromatic heterocycles. The minimum atomic E-state index is -0.155. The molecular formula is C17H29NO3. The number of carbonyl (C=O) groups excluding carboxylic acids is 3. The lowest BCUT2D eigenvalue weighted by atomic mass is 9.72. The number of carbonyl (C=O) groups is 3. The second kappa shape index (κ2) is 7.71. The number of amides is 2. The molecule has 1 fully saturated rings. The van der Waals surface area contributed by atoms with Gasteiger partial charge >= 0.3 is 0 Å². The van der Waals surface area contributed by atoms with E-state index in [0.29, 0.717) is 19.4 Å². The van der Waals surface area contributed by atoms with Crippen LogP contribution in [0.15, 0.2) is 0 Å². The number of imide groups is 1. The third-order valence-electron chi connectivity index (χ3n) is 5.11. The van der Waals surface area contributed by atoms with Crippen molar-refractivity contribution in [2.45, 2.75) is 72.6 Å². The topological polar surface area (TPSA) is 54.5 Å². The van der Waals surface area contributed by atoms with Crippen molar-refractivity contribution in [3.63, 3.8) is 0 Å². The predicted molar refractivity (Wildman–Crippen MR) is 82.7 cm³/mol. The summed E-state index contributed by atoms with van der Waals surface area (Å²) in [6.07, 6.45) is 5.32. The zero-order valence-corrected chi connectivity index (χ0v) is 13.9. The number of unbranched alkanes of at least 4 members (excludes halogenated alkanes) is 2. The first-order valence-electron chi connectivity index (χ1n) is 8.19. The molecule has 1 aliphatic heterocycles. The van der Waals surface area contributed by atoms with Gasteiger partial charge < -0.3 is 4.79 Å². The molecule has 1 saturated heterocycles. The van der Waals surface area contributed by atoms with Gasteiger partial charge in [0.1, 0.15) is 5.78 Å². The minimum Gasteiger partial charge on any atom is -0.300 e. The van der Waals surface area contributed by atoms with Gasteiger partial charge in [0.05, 0.1) is 5.92 Å². The Morgan fingerprint density at radius 2 is 1.81 bits per heavy atom. The van der Waals surface area contributed by atoms with Crippen molar-refractivity contribution in [2.24, 2.45) is 11.3 Å². The lowest BCUT2D eigenvalue weighted by Crippen LogP contribution is -2.36. The molecule has 120 valence electrons. The SMILES string of the molecule is CCC(C)(CC)C1CC(=O)N(CCCCCC(C)=O)C1=O. The molecule has 0 aliphatic carbocycles. The molecule has 0 bridgehead atoms. The zero-order chi connectivity index (χ0) is 16.0. The zero-order valence-electron chi connectivity index (χ0n) is 13.9. The second-order valence-electron chi connectivity index (χ2n) is 6.51. The van der Waals surface area contributed by atoms with Crippen LogP contribution in [0.4, 0.5) is 0 Å². The molecule has 0 saturated carbocycles. The summed E-state index contributed by atoms with van der Waals surface area (Å²) in [5.41, 5.74) is -0.0733. The van der Waals surface area contributed by atoms with Crippen molar-refractivity contribution in [2.75, 3.05) is 6.54 Å². The smallest absolute Gasteiger partial charge is 0.233 e. The van der Waals surface area contributed by atoms with E-state index >= 15 is 0 Å². The lowest BCUT2D eigenvalue weighted by Gasteiger charge is -2.31. The van der Waals surface area contributed by atoms with E-state index in [1.807, 2.05) is 0 Å². The highest BCUT2D eigenvalue weighted by Gasteiger charge is 2.46. The number of likely N-dealkylation sites (tertiary alicyclic amines) is 1. The van der Waals surface area contributed by atoms with Crippen LogP contribution in [-0.2, 0) is 14.4 Å². The number of hydrogen-bond donors (Lipinski definition) is 0. The molecule has 1 unspecified atom stereocenters. The first-order valence-corrected chi connectivity index (χ1v) is 8.19.